The highest BCUT2D eigenvalue weighted by atomic mass is 79.9. The summed E-state index contributed by atoms with van der Waals surface area (Å²) >= 11 is 15.0. The van der Waals surface area contributed by atoms with Gasteiger partial charge in [0, 0.05) is 16.6 Å². The summed E-state index contributed by atoms with van der Waals surface area (Å²) in [5.74, 6) is 0.747. The molecule has 2 heterocycles. The molecule has 1 unspecified atom stereocenters. The van der Waals surface area contributed by atoms with E-state index in [2.05, 4.69) is 26.1 Å². The lowest BCUT2D eigenvalue weighted by atomic mass is 10.2. The Kier molecular flexibility index (Phi) is 4.26. The van der Waals surface area contributed by atoms with Gasteiger partial charge in [-0.1, -0.05) is 27.5 Å². The molecule has 0 radical (unpaired) electrons. The average Bonchev–Trinajstić information content (AvgIpc) is 3.05. The molecule has 1 saturated heterocycles. The third kappa shape index (κ3) is 2.83. The van der Waals surface area contributed by atoms with E-state index in [0.717, 1.165) is 35.3 Å². The molecular formula is C13H13BrClN3OS. The number of halogens is 2. The zero-order chi connectivity index (χ0) is 14.1. The molecule has 4 nitrogen and oxygen atoms in total. The highest BCUT2D eigenvalue weighted by Crippen LogP contribution is 2.30. The predicted molar refractivity (Wildman–Crippen MR) is 84.5 cm³/mol. The zero-order valence-corrected chi connectivity index (χ0v) is 13.8. The zero-order valence-electron chi connectivity index (χ0n) is 10.6. The fourth-order valence-electron chi connectivity index (χ4n) is 2.35. The molecule has 1 atom stereocenters. The number of aromatic nitrogens is 3. The highest BCUT2D eigenvalue weighted by molar-refractivity contribution is 9.10. The second kappa shape index (κ2) is 5.97. The van der Waals surface area contributed by atoms with Crippen molar-refractivity contribution in [2.45, 2.75) is 25.5 Å². The minimum absolute atomic E-state index is 0.198. The number of nitrogens with zero attached hydrogens (tertiary/aromatic N) is 2. The molecule has 1 fully saturated rings. The highest BCUT2D eigenvalue weighted by Gasteiger charge is 2.20. The lowest BCUT2D eigenvalue weighted by Gasteiger charge is -2.13. The van der Waals surface area contributed by atoms with E-state index < -0.39 is 0 Å². The molecular weight excluding hydrogens is 362 g/mol. The van der Waals surface area contributed by atoms with Gasteiger partial charge in [-0.15, -0.1) is 0 Å². The minimum Gasteiger partial charge on any atom is -0.376 e. The fourth-order valence-corrected chi connectivity index (χ4v) is 3.12. The van der Waals surface area contributed by atoms with E-state index in [1.807, 2.05) is 22.8 Å². The molecule has 0 bridgehead atoms. The van der Waals surface area contributed by atoms with Crippen LogP contribution in [0.2, 0.25) is 5.02 Å². The van der Waals surface area contributed by atoms with E-state index >= 15 is 0 Å². The number of hydrogen-bond donors (Lipinski definition) is 1. The molecule has 2 aromatic rings. The van der Waals surface area contributed by atoms with Crippen LogP contribution in [0.5, 0.6) is 0 Å². The average molecular weight is 375 g/mol. The van der Waals surface area contributed by atoms with Crippen molar-refractivity contribution in [2.24, 2.45) is 0 Å². The van der Waals surface area contributed by atoms with Crippen LogP contribution in [0.4, 0.5) is 0 Å². The van der Waals surface area contributed by atoms with E-state index in [1.165, 1.54) is 0 Å². The number of aromatic amines is 1. The van der Waals surface area contributed by atoms with Crippen molar-refractivity contribution in [1.29, 1.82) is 0 Å². The first-order chi connectivity index (χ1) is 9.65. The summed E-state index contributed by atoms with van der Waals surface area (Å²) in [5, 5.41) is 7.81. The Hall–Kier alpha value is -0.690. The summed E-state index contributed by atoms with van der Waals surface area (Å²) in [6, 6.07) is 5.69. The smallest absolute Gasteiger partial charge is 0.195 e. The van der Waals surface area contributed by atoms with Crippen molar-refractivity contribution < 1.29 is 4.74 Å². The van der Waals surface area contributed by atoms with Gasteiger partial charge in [-0.2, -0.15) is 5.10 Å². The SMILES string of the molecule is S=c1[nH]nc(-c2cc(Br)ccc2Cl)n1CC1CCCO1. The molecule has 1 aliphatic heterocycles. The van der Waals surface area contributed by atoms with Crippen LogP contribution >= 0.6 is 39.7 Å². The third-order valence-corrected chi connectivity index (χ3v) is 4.47. The van der Waals surface area contributed by atoms with Crippen molar-refractivity contribution >= 4 is 39.7 Å². The van der Waals surface area contributed by atoms with E-state index in [4.69, 9.17) is 28.6 Å². The molecule has 0 aliphatic carbocycles. The number of H-pyrrole nitrogens is 1. The maximum absolute atomic E-state index is 6.28. The van der Waals surface area contributed by atoms with Crippen LogP contribution in [0.15, 0.2) is 22.7 Å². The van der Waals surface area contributed by atoms with Gasteiger partial charge in [0.05, 0.1) is 17.7 Å². The van der Waals surface area contributed by atoms with Crippen LogP contribution in [0, 0.1) is 4.77 Å². The minimum atomic E-state index is 0.198. The second-order valence-corrected chi connectivity index (χ2v) is 6.43. The molecule has 0 amide bonds. The molecule has 106 valence electrons. The topological polar surface area (TPSA) is 42.8 Å². The van der Waals surface area contributed by atoms with Gasteiger partial charge in [-0.3, -0.25) is 9.67 Å². The summed E-state index contributed by atoms with van der Waals surface area (Å²) < 4.78 is 9.17. The first-order valence-corrected chi connectivity index (χ1v) is 7.95. The maximum atomic E-state index is 6.28. The van der Waals surface area contributed by atoms with Crippen molar-refractivity contribution in [3.63, 3.8) is 0 Å². The van der Waals surface area contributed by atoms with E-state index in [0.29, 0.717) is 16.3 Å². The van der Waals surface area contributed by atoms with Gasteiger partial charge in [-0.25, -0.2) is 0 Å². The van der Waals surface area contributed by atoms with E-state index in [1.54, 1.807) is 0 Å². The number of nitrogens with one attached hydrogen (secondary N) is 1. The lowest BCUT2D eigenvalue weighted by Crippen LogP contribution is -2.16. The van der Waals surface area contributed by atoms with Crippen LogP contribution in [-0.2, 0) is 11.3 Å². The predicted octanol–water partition coefficient (Wildman–Crippen LogP) is 4.20. The van der Waals surface area contributed by atoms with Gasteiger partial charge >= 0.3 is 0 Å². The van der Waals surface area contributed by atoms with Gasteiger partial charge in [0.2, 0.25) is 0 Å². The van der Waals surface area contributed by atoms with Crippen LogP contribution in [0.1, 0.15) is 12.8 Å². The molecule has 1 aromatic heterocycles. The van der Waals surface area contributed by atoms with Gasteiger partial charge in [-0.05, 0) is 43.3 Å². The second-order valence-electron chi connectivity index (χ2n) is 4.72. The van der Waals surface area contributed by atoms with Gasteiger partial charge < -0.3 is 4.74 Å². The Balaban J connectivity index is 2.01. The third-order valence-electron chi connectivity index (χ3n) is 3.34. The monoisotopic (exact) mass is 373 g/mol. The molecule has 0 spiro atoms. The number of rotatable bonds is 3. The van der Waals surface area contributed by atoms with Crippen molar-refractivity contribution in [3.05, 3.63) is 32.5 Å². The van der Waals surface area contributed by atoms with E-state index in [-0.39, 0.29) is 6.10 Å². The van der Waals surface area contributed by atoms with Crippen LogP contribution < -0.4 is 0 Å². The Morgan fingerprint density at radius 1 is 1.55 bits per heavy atom. The molecule has 3 rings (SSSR count). The summed E-state index contributed by atoms with van der Waals surface area (Å²) in [6.45, 7) is 1.52. The maximum Gasteiger partial charge on any atom is 0.195 e. The summed E-state index contributed by atoms with van der Waals surface area (Å²) in [4.78, 5) is 0. The first-order valence-electron chi connectivity index (χ1n) is 6.37. The van der Waals surface area contributed by atoms with Gasteiger partial charge in [0.25, 0.3) is 0 Å². The van der Waals surface area contributed by atoms with Gasteiger partial charge in [0.1, 0.15) is 0 Å². The summed E-state index contributed by atoms with van der Waals surface area (Å²) in [5.41, 5.74) is 0.853. The normalized spacial score (nSPS) is 18.6. The Morgan fingerprint density at radius 3 is 3.15 bits per heavy atom. The van der Waals surface area contributed by atoms with Crippen molar-refractivity contribution in [1.82, 2.24) is 14.8 Å². The number of hydrogen-bond acceptors (Lipinski definition) is 3. The van der Waals surface area contributed by atoms with Crippen molar-refractivity contribution in [2.75, 3.05) is 6.61 Å². The molecule has 1 aliphatic rings. The van der Waals surface area contributed by atoms with Gasteiger partial charge in [0.15, 0.2) is 10.6 Å². The quantitative estimate of drug-likeness (QED) is 0.819. The molecule has 20 heavy (non-hydrogen) atoms. The molecule has 1 N–H and O–H groups in total. The molecule has 7 heteroatoms. The molecule has 1 aromatic carbocycles. The fraction of sp³-hybridized carbons (Fsp3) is 0.385. The molecule has 0 saturated carbocycles. The Morgan fingerprint density at radius 2 is 2.40 bits per heavy atom. The standard InChI is InChI=1S/C13H13BrClN3OS/c14-8-3-4-11(15)10(6-8)12-16-17-13(20)18(12)7-9-2-1-5-19-9/h3-4,6,9H,1-2,5,7H2,(H,17,20). The van der Waals surface area contributed by atoms with Crippen molar-refractivity contribution in [3.8, 4) is 11.4 Å². The first kappa shape index (κ1) is 14.3. The number of benzene rings is 1. The largest absolute Gasteiger partial charge is 0.376 e. The number of ether oxygens (including phenoxy) is 1. The Bertz CT molecular complexity index is 678. The summed E-state index contributed by atoms with van der Waals surface area (Å²) in [7, 11) is 0. The van der Waals surface area contributed by atoms with E-state index in [9.17, 15) is 0 Å². The van der Waals surface area contributed by atoms with Crippen LogP contribution in [0.25, 0.3) is 11.4 Å². The van der Waals surface area contributed by atoms with Crippen LogP contribution in [0.3, 0.4) is 0 Å². The lowest BCUT2D eigenvalue weighted by molar-refractivity contribution is 0.0970. The van der Waals surface area contributed by atoms with Crippen LogP contribution in [-0.4, -0.2) is 27.5 Å². The summed E-state index contributed by atoms with van der Waals surface area (Å²) in [6.07, 6.45) is 2.35. The Labute approximate surface area is 135 Å².